The number of aromatic nitrogens is 1. The van der Waals surface area contributed by atoms with E-state index in [-0.39, 0.29) is 23.6 Å². The maximum atomic E-state index is 13.4. The second kappa shape index (κ2) is 10.8. The van der Waals surface area contributed by atoms with E-state index in [9.17, 15) is 19.8 Å². The molecule has 0 aliphatic carbocycles. The molecule has 0 saturated heterocycles. The maximum absolute atomic E-state index is 13.4. The van der Waals surface area contributed by atoms with E-state index in [2.05, 4.69) is 4.98 Å². The molecule has 0 saturated carbocycles. The van der Waals surface area contributed by atoms with E-state index in [0.29, 0.717) is 17.7 Å². The number of fused-ring (bicyclic) bond motifs is 1. The Morgan fingerprint density at radius 3 is 2.56 bits per heavy atom. The number of nitrogens with zero attached hydrogens (tertiary/aromatic N) is 1. The summed E-state index contributed by atoms with van der Waals surface area (Å²) in [4.78, 5) is 31.5. The summed E-state index contributed by atoms with van der Waals surface area (Å²) in [7, 11) is 3.02. The summed E-state index contributed by atoms with van der Waals surface area (Å²) in [5, 5.41) is 22.0. The van der Waals surface area contributed by atoms with Gasteiger partial charge in [0.05, 0.1) is 25.8 Å². The first-order valence-electron chi connectivity index (χ1n) is 12.4. The fourth-order valence-electron chi connectivity index (χ4n) is 4.90. The number of H-pyrrole nitrogens is 1. The predicted octanol–water partition coefficient (Wildman–Crippen LogP) is 5.11. The SMILES string of the molecule is COc1ccc2[nH]cc(CCN3C(=O)C(O)=C(C(=O)/C=C/c4ccccc4)C3c3ccc(O)c(OC)c3)c2c1. The van der Waals surface area contributed by atoms with Crippen LogP contribution in [0.2, 0.25) is 0 Å². The summed E-state index contributed by atoms with van der Waals surface area (Å²) in [6.07, 6.45) is 5.34. The molecule has 0 radical (unpaired) electrons. The minimum Gasteiger partial charge on any atom is -0.504 e. The average molecular weight is 525 g/mol. The van der Waals surface area contributed by atoms with Gasteiger partial charge in [-0.25, -0.2) is 0 Å². The Hall–Kier alpha value is -4.98. The molecule has 8 heteroatoms. The number of phenolic OH excluding ortho intramolecular Hbond substituents is 1. The summed E-state index contributed by atoms with van der Waals surface area (Å²) in [6.45, 7) is 0.222. The van der Waals surface area contributed by atoms with E-state index >= 15 is 0 Å². The predicted molar refractivity (Wildman–Crippen MR) is 148 cm³/mol. The van der Waals surface area contributed by atoms with Gasteiger partial charge in [0.25, 0.3) is 5.91 Å². The van der Waals surface area contributed by atoms with Crippen molar-refractivity contribution in [3.63, 3.8) is 0 Å². The minimum atomic E-state index is -0.875. The van der Waals surface area contributed by atoms with E-state index in [1.165, 1.54) is 24.2 Å². The van der Waals surface area contributed by atoms with Gasteiger partial charge in [-0.3, -0.25) is 9.59 Å². The number of hydrogen-bond donors (Lipinski definition) is 3. The van der Waals surface area contributed by atoms with Gasteiger partial charge in [0.15, 0.2) is 23.0 Å². The molecular formula is C31H28N2O6. The number of hydrogen-bond acceptors (Lipinski definition) is 6. The van der Waals surface area contributed by atoms with E-state index in [4.69, 9.17) is 9.47 Å². The van der Waals surface area contributed by atoms with Crippen LogP contribution in [0.15, 0.2) is 90.3 Å². The molecule has 0 spiro atoms. The number of aliphatic hydroxyl groups excluding tert-OH is 1. The second-order valence-electron chi connectivity index (χ2n) is 9.18. The number of methoxy groups -OCH3 is 2. The second-order valence-corrected chi connectivity index (χ2v) is 9.18. The van der Waals surface area contributed by atoms with Crippen LogP contribution in [0.25, 0.3) is 17.0 Å². The molecule has 5 rings (SSSR count). The first kappa shape index (κ1) is 25.7. The van der Waals surface area contributed by atoms with Gasteiger partial charge in [0, 0.05) is 23.6 Å². The van der Waals surface area contributed by atoms with Crippen LogP contribution in [0.4, 0.5) is 0 Å². The van der Waals surface area contributed by atoms with Crippen LogP contribution >= 0.6 is 0 Å². The Morgan fingerprint density at radius 1 is 1.03 bits per heavy atom. The summed E-state index contributed by atoms with van der Waals surface area (Å²) < 4.78 is 10.6. The van der Waals surface area contributed by atoms with Gasteiger partial charge >= 0.3 is 0 Å². The lowest BCUT2D eigenvalue weighted by atomic mass is 9.95. The minimum absolute atomic E-state index is 0.0273. The third kappa shape index (κ3) is 4.96. The first-order valence-corrected chi connectivity index (χ1v) is 12.4. The summed E-state index contributed by atoms with van der Waals surface area (Å²) in [6, 6.07) is 18.8. The highest BCUT2D eigenvalue weighted by atomic mass is 16.5. The zero-order valence-corrected chi connectivity index (χ0v) is 21.5. The zero-order valence-electron chi connectivity index (χ0n) is 21.5. The molecule has 1 atom stereocenters. The lowest BCUT2D eigenvalue weighted by Gasteiger charge is -2.27. The first-order chi connectivity index (χ1) is 18.9. The molecule has 4 aromatic rings. The van der Waals surface area contributed by atoms with Gasteiger partial charge in [0.1, 0.15) is 5.75 Å². The zero-order chi connectivity index (χ0) is 27.5. The topological polar surface area (TPSA) is 112 Å². The molecule has 0 bridgehead atoms. The number of ketones is 1. The summed E-state index contributed by atoms with van der Waals surface area (Å²) in [5.74, 6) is -0.874. The van der Waals surface area contributed by atoms with Crippen molar-refractivity contribution in [3.05, 3.63) is 107 Å². The summed E-state index contributed by atoms with van der Waals surface area (Å²) >= 11 is 0. The number of aliphatic hydroxyl groups is 1. The number of carbonyl (C=O) groups is 2. The van der Waals surface area contributed by atoms with Crippen molar-refractivity contribution in [2.24, 2.45) is 0 Å². The van der Waals surface area contributed by atoms with Crippen molar-refractivity contribution >= 4 is 28.7 Å². The highest BCUT2D eigenvalue weighted by Gasteiger charge is 2.43. The number of phenols is 1. The molecule has 39 heavy (non-hydrogen) atoms. The monoisotopic (exact) mass is 524 g/mol. The number of rotatable bonds is 9. The third-order valence-electron chi connectivity index (χ3n) is 6.91. The van der Waals surface area contributed by atoms with Crippen LogP contribution in [0.1, 0.15) is 22.7 Å². The van der Waals surface area contributed by atoms with Gasteiger partial charge in [-0.15, -0.1) is 0 Å². The maximum Gasteiger partial charge on any atom is 0.290 e. The largest absolute Gasteiger partial charge is 0.504 e. The normalized spacial score (nSPS) is 15.5. The standard InChI is InChI=1S/C31H28N2O6/c1-38-22-10-11-24-23(17-22)21(18-32-24)14-15-33-29(20-9-13-25(34)27(16-20)39-2)28(30(36)31(33)37)26(35)12-8-19-6-4-3-5-7-19/h3-13,16-18,29,32,34,36H,14-15H2,1-2H3/b12-8+. The van der Waals surface area contributed by atoms with Crippen molar-refractivity contribution in [1.82, 2.24) is 9.88 Å². The number of carbonyl (C=O) groups excluding carboxylic acids is 2. The van der Waals surface area contributed by atoms with Crippen molar-refractivity contribution < 1.29 is 29.3 Å². The number of allylic oxidation sites excluding steroid dienone is 1. The number of amides is 1. The summed E-state index contributed by atoms with van der Waals surface area (Å²) in [5.41, 5.74) is 3.20. The lowest BCUT2D eigenvalue weighted by molar-refractivity contribution is -0.129. The van der Waals surface area contributed by atoms with Crippen LogP contribution < -0.4 is 9.47 Å². The lowest BCUT2D eigenvalue weighted by Crippen LogP contribution is -2.33. The van der Waals surface area contributed by atoms with Crippen LogP contribution in [0.3, 0.4) is 0 Å². The molecule has 0 fully saturated rings. The number of nitrogens with one attached hydrogen (secondary N) is 1. The van der Waals surface area contributed by atoms with Crippen LogP contribution in [-0.2, 0) is 16.0 Å². The van der Waals surface area contributed by atoms with Crippen molar-refractivity contribution in [2.75, 3.05) is 20.8 Å². The highest BCUT2D eigenvalue weighted by molar-refractivity contribution is 6.14. The smallest absolute Gasteiger partial charge is 0.290 e. The molecule has 8 nitrogen and oxygen atoms in total. The third-order valence-corrected chi connectivity index (χ3v) is 6.91. The van der Waals surface area contributed by atoms with Crippen molar-refractivity contribution in [2.45, 2.75) is 12.5 Å². The highest BCUT2D eigenvalue weighted by Crippen LogP contribution is 2.41. The Kier molecular flexibility index (Phi) is 7.10. The molecule has 2 heterocycles. The number of aromatic hydroxyl groups is 1. The molecule has 1 aliphatic rings. The van der Waals surface area contributed by atoms with Gasteiger partial charge in [-0.1, -0.05) is 42.5 Å². The molecule has 198 valence electrons. The fraction of sp³-hybridized carbons (Fsp3) is 0.161. The Balaban J connectivity index is 1.50. The van der Waals surface area contributed by atoms with Gasteiger partial charge in [-0.05, 0) is 59.5 Å². The molecule has 1 aliphatic heterocycles. The van der Waals surface area contributed by atoms with Gasteiger partial charge < -0.3 is 29.6 Å². The Morgan fingerprint density at radius 2 is 1.82 bits per heavy atom. The van der Waals surface area contributed by atoms with Gasteiger partial charge in [-0.2, -0.15) is 0 Å². The van der Waals surface area contributed by atoms with E-state index < -0.39 is 23.5 Å². The van der Waals surface area contributed by atoms with Crippen LogP contribution in [0, 0.1) is 0 Å². The van der Waals surface area contributed by atoms with E-state index in [1.807, 2.05) is 54.7 Å². The molecule has 1 amide bonds. The molecular weight excluding hydrogens is 496 g/mol. The van der Waals surface area contributed by atoms with Crippen molar-refractivity contribution in [3.8, 4) is 17.2 Å². The van der Waals surface area contributed by atoms with E-state index in [0.717, 1.165) is 22.0 Å². The quantitative estimate of drug-likeness (QED) is 0.262. The Labute approximate surface area is 225 Å². The fourth-order valence-corrected chi connectivity index (χ4v) is 4.90. The Bertz CT molecular complexity index is 1600. The number of aromatic amines is 1. The van der Waals surface area contributed by atoms with Crippen LogP contribution in [0.5, 0.6) is 17.2 Å². The van der Waals surface area contributed by atoms with Crippen molar-refractivity contribution in [1.29, 1.82) is 0 Å². The van der Waals surface area contributed by atoms with Crippen LogP contribution in [-0.4, -0.2) is 52.6 Å². The molecule has 1 unspecified atom stereocenters. The molecule has 3 aromatic carbocycles. The molecule has 3 N–H and O–H groups in total. The number of ether oxygens (including phenoxy) is 2. The average Bonchev–Trinajstić information content (AvgIpc) is 3.48. The van der Waals surface area contributed by atoms with Gasteiger partial charge in [0.2, 0.25) is 0 Å². The number of benzene rings is 3. The van der Waals surface area contributed by atoms with E-state index in [1.54, 1.807) is 25.3 Å². The molecule has 1 aromatic heterocycles.